The van der Waals surface area contributed by atoms with Crippen molar-refractivity contribution in [1.29, 1.82) is 0 Å². The van der Waals surface area contributed by atoms with E-state index in [0.29, 0.717) is 30.5 Å². The number of benzene rings is 2. The van der Waals surface area contributed by atoms with Crippen LogP contribution in [0.2, 0.25) is 0 Å². The van der Waals surface area contributed by atoms with Crippen molar-refractivity contribution in [1.82, 2.24) is 9.55 Å². The van der Waals surface area contributed by atoms with Crippen LogP contribution < -0.4 is 5.73 Å². The van der Waals surface area contributed by atoms with E-state index in [0.717, 1.165) is 29.9 Å². The highest BCUT2D eigenvalue weighted by Gasteiger charge is 2.31. The van der Waals surface area contributed by atoms with Gasteiger partial charge in [-0.2, -0.15) is 13.2 Å². The van der Waals surface area contributed by atoms with Crippen LogP contribution in [-0.4, -0.2) is 16.1 Å². The van der Waals surface area contributed by atoms with Crippen LogP contribution in [0, 0.1) is 0 Å². The fourth-order valence-corrected chi connectivity index (χ4v) is 2.75. The lowest BCUT2D eigenvalue weighted by Gasteiger charge is -2.10. The lowest BCUT2D eigenvalue weighted by Crippen LogP contribution is -2.08. The molecule has 0 aliphatic heterocycles. The van der Waals surface area contributed by atoms with Crippen LogP contribution in [0.15, 0.2) is 48.5 Å². The molecule has 0 spiro atoms. The van der Waals surface area contributed by atoms with Crippen molar-refractivity contribution >= 4 is 11.0 Å². The molecule has 0 amide bonds. The van der Waals surface area contributed by atoms with Crippen LogP contribution in [0.4, 0.5) is 13.2 Å². The number of hydrogen-bond acceptors (Lipinski definition) is 2. The molecule has 6 heteroatoms. The Morgan fingerprint density at radius 3 is 2.46 bits per heavy atom. The van der Waals surface area contributed by atoms with Crippen molar-refractivity contribution in [3.05, 3.63) is 65.5 Å². The van der Waals surface area contributed by atoms with Gasteiger partial charge in [0.25, 0.3) is 0 Å². The van der Waals surface area contributed by atoms with Gasteiger partial charge in [0, 0.05) is 13.0 Å². The Balaban J connectivity index is 2.06. The second-order valence-corrected chi connectivity index (χ2v) is 5.69. The number of aromatic nitrogens is 2. The Morgan fingerprint density at radius 1 is 1.04 bits per heavy atom. The Kier molecular flexibility index (Phi) is 4.57. The van der Waals surface area contributed by atoms with E-state index in [1.165, 1.54) is 6.07 Å². The summed E-state index contributed by atoms with van der Waals surface area (Å²) in [7, 11) is 0. The SMILES string of the molecule is NCCCc1nc2cc(C(F)(F)F)ccc2n1Cc1ccccc1. The van der Waals surface area contributed by atoms with Crippen LogP contribution >= 0.6 is 0 Å². The highest BCUT2D eigenvalue weighted by atomic mass is 19.4. The zero-order chi connectivity index (χ0) is 17.2. The molecule has 126 valence electrons. The fraction of sp³-hybridized carbons (Fsp3) is 0.278. The largest absolute Gasteiger partial charge is 0.416 e. The van der Waals surface area contributed by atoms with E-state index in [9.17, 15) is 13.2 Å². The minimum Gasteiger partial charge on any atom is -0.330 e. The second-order valence-electron chi connectivity index (χ2n) is 5.69. The summed E-state index contributed by atoms with van der Waals surface area (Å²) in [6, 6.07) is 13.5. The van der Waals surface area contributed by atoms with Gasteiger partial charge in [0.05, 0.1) is 16.6 Å². The van der Waals surface area contributed by atoms with Crippen LogP contribution in [-0.2, 0) is 19.1 Å². The van der Waals surface area contributed by atoms with Gasteiger partial charge >= 0.3 is 6.18 Å². The summed E-state index contributed by atoms with van der Waals surface area (Å²) in [6.45, 7) is 1.09. The molecule has 0 fully saturated rings. The minimum absolute atomic E-state index is 0.368. The van der Waals surface area contributed by atoms with E-state index >= 15 is 0 Å². The average Bonchev–Trinajstić information content (AvgIpc) is 2.90. The lowest BCUT2D eigenvalue weighted by molar-refractivity contribution is -0.137. The van der Waals surface area contributed by atoms with Crippen LogP contribution in [0.1, 0.15) is 23.4 Å². The molecule has 3 rings (SSSR count). The number of nitrogens with zero attached hydrogens (tertiary/aromatic N) is 2. The van der Waals surface area contributed by atoms with E-state index in [1.807, 2.05) is 34.9 Å². The van der Waals surface area contributed by atoms with Crippen molar-refractivity contribution < 1.29 is 13.2 Å². The molecule has 1 heterocycles. The summed E-state index contributed by atoms with van der Waals surface area (Å²) >= 11 is 0. The molecule has 0 saturated heterocycles. The predicted octanol–water partition coefficient (Wildman–Crippen LogP) is 3.99. The third-order valence-corrected chi connectivity index (χ3v) is 3.94. The molecule has 0 atom stereocenters. The number of nitrogens with two attached hydrogens (primary N) is 1. The maximum absolute atomic E-state index is 12.9. The van der Waals surface area contributed by atoms with Gasteiger partial charge in [0.2, 0.25) is 0 Å². The molecule has 2 N–H and O–H groups in total. The Bertz CT molecular complexity index is 823. The first-order valence-corrected chi connectivity index (χ1v) is 7.79. The molecule has 0 unspecified atom stereocenters. The molecular formula is C18H18F3N3. The topological polar surface area (TPSA) is 43.8 Å². The number of alkyl halides is 3. The van der Waals surface area contributed by atoms with Gasteiger partial charge < -0.3 is 10.3 Å². The molecule has 0 aliphatic rings. The predicted molar refractivity (Wildman–Crippen MR) is 87.7 cm³/mol. The first kappa shape index (κ1) is 16.5. The van der Waals surface area contributed by atoms with Crippen LogP contribution in [0.25, 0.3) is 11.0 Å². The molecule has 24 heavy (non-hydrogen) atoms. The molecular weight excluding hydrogens is 315 g/mol. The van der Waals surface area contributed by atoms with Crippen LogP contribution in [0.5, 0.6) is 0 Å². The van der Waals surface area contributed by atoms with Gasteiger partial charge in [-0.3, -0.25) is 0 Å². The summed E-state index contributed by atoms with van der Waals surface area (Å²) in [5.74, 6) is 0.763. The van der Waals surface area contributed by atoms with Gasteiger partial charge in [0.1, 0.15) is 5.82 Å². The number of aryl methyl sites for hydroxylation is 1. The first-order valence-electron chi connectivity index (χ1n) is 7.79. The summed E-state index contributed by atoms with van der Waals surface area (Å²) < 4.78 is 40.7. The summed E-state index contributed by atoms with van der Waals surface area (Å²) in [5, 5.41) is 0. The van der Waals surface area contributed by atoms with E-state index < -0.39 is 11.7 Å². The fourth-order valence-electron chi connectivity index (χ4n) is 2.75. The molecule has 2 aromatic carbocycles. The second kappa shape index (κ2) is 6.65. The monoisotopic (exact) mass is 333 g/mol. The number of rotatable bonds is 5. The molecule has 0 aliphatic carbocycles. The van der Waals surface area contributed by atoms with Crippen molar-refractivity contribution in [2.24, 2.45) is 5.73 Å². The molecule has 1 aromatic heterocycles. The minimum atomic E-state index is -4.37. The lowest BCUT2D eigenvalue weighted by atomic mass is 10.2. The number of halogens is 3. The summed E-state index contributed by atoms with van der Waals surface area (Å²) in [5.41, 5.74) is 7.04. The van der Waals surface area contributed by atoms with Gasteiger partial charge in [-0.15, -0.1) is 0 Å². The van der Waals surface area contributed by atoms with E-state index in [2.05, 4.69) is 4.98 Å². The van der Waals surface area contributed by atoms with Gasteiger partial charge in [-0.1, -0.05) is 30.3 Å². The van der Waals surface area contributed by atoms with Gasteiger partial charge in [0.15, 0.2) is 0 Å². The number of hydrogen-bond donors (Lipinski definition) is 1. The summed E-state index contributed by atoms with van der Waals surface area (Å²) in [4.78, 5) is 4.43. The third kappa shape index (κ3) is 3.43. The molecule has 3 aromatic rings. The van der Waals surface area contributed by atoms with Crippen molar-refractivity contribution in [2.45, 2.75) is 25.6 Å². The molecule has 0 bridgehead atoms. The van der Waals surface area contributed by atoms with Gasteiger partial charge in [-0.05, 0) is 36.7 Å². The Hall–Kier alpha value is -2.34. The zero-order valence-corrected chi connectivity index (χ0v) is 13.1. The van der Waals surface area contributed by atoms with Crippen molar-refractivity contribution in [3.8, 4) is 0 Å². The standard InChI is InChI=1S/C18H18F3N3/c19-18(20,21)14-8-9-16-15(11-14)23-17(7-4-10-22)24(16)12-13-5-2-1-3-6-13/h1-3,5-6,8-9,11H,4,7,10,12,22H2. The molecule has 0 saturated carbocycles. The van der Waals surface area contributed by atoms with Gasteiger partial charge in [-0.25, -0.2) is 4.98 Å². The Labute approximate surface area is 137 Å². The highest BCUT2D eigenvalue weighted by molar-refractivity contribution is 5.77. The molecule has 3 nitrogen and oxygen atoms in total. The normalized spacial score (nSPS) is 12.0. The highest BCUT2D eigenvalue weighted by Crippen LogP contribution is 2.31. The van der Waals surface area contributed by atoms with Crippen molar-refractivity contribution in [3.63, 3.8) is 0 Å². The van der Waals surface area contributed by atoms with E-state index in [4.69, 9.17) is 5.73 Å². The number of fused-ring (bicyclic) bond motifs is 1. The van der Waals surface area contributed by atoms with E-state index in [1.54, 1.807) is 0 Å². The third-order valence-electron chi connectivity index (χ3n) is 3.94. The maximum Gasteiger partial charge on any atom is 0.416 e. The van der Waals surface area contributed by atoms with Crippen molar-refractivity contribution in [2.75, 3.05) is 6.54 Å². The zero-order valence-electron chi connectivity index (χ0n) is 13.1. The number of imidazole rings is 1. The Morgan fingerprint density at radius 2 is 1.79 bits per heavy atom. The smallest absolute Gasteiger partial charge is 0.330 e. The quantitative estimate of drug-likeness (QED) is 0.767. The first-order chi connectivity index (χ1) is 11.5. The van der Waals surface area contributed by atoms with E-state index in [-0.39, 0.29) is 0 Å². The van der Waals surface area contributed by atoms with Crippen LogP contribution in [0.3, 0.4) is 0 Å². The molecule has 0 radical (unpaired) electrons. The maximum atomic E-state index is 12.9. The summed E-state index contributed by atoms with van der Waals surface area (Å²) in [6.07, 6.45) is -2.99. The average molecular weight is 333 g/mol.